The molecule has 4 rings (SSSR count). The van der Waals surface area contributed by atoms with Gasteiger partial charge in [-0.15, -0.1) is 0 Å². The van der Waals surface area contributed by atoms with Crippen molar-refractivity contribution < 1.29 is 29.6 Å². The molecule has 1 aliphatic carbocycles. The Morgan fingerprint density at radius 2 is 1.70 bits per heavy atom. The van der Waals surface area contributed by atoms with Crippen molar-refractivity contribution in [1.29, 1.82) is 0 Å². The van der Waals surface area contributed by atoms with Crippen molar-refractivity contribution in [2.45, 2.75) is 51.7 Å². The monoisotopic (exact) mass is 590 g/mol. The van der Waals surface area contributed by atoms with Gasteiger partial charge in [0.1, 0.15) is 6.61 Å². The molecule has 2 aromatic carbocycles. The molecule has 3 aromatic rings. The largest absolute Gasteiger partial charge is 0.494 e. The number of hydrogen-bond donors (Lipinski definition) is 3. The number of aromatic hydroxyl groups is 2. The van der Waals surface area contributed by atoms with E-state index in [2.05, 4.69) is 11.8 Å². The van der Waals surface area contributed by atoms with Crippen molar-refractivity contribution in [3.05, 3.63) is 69.7 Å². The maximum Gasteiger partial charge on any atom is 0.306 e. The van der Waals surface area contributed by atoms with Crippen LogP contribution in [0.25, 0.3) is 0 Å². The molecular formula is C30H36Cl2N2O6. The lowest BCUT2D eigenvalue weighted by molar-refractivity contribution is -0.143. The SMILES string of the molecule is COc1cc(CN(CC2CCC(C(=O)O)CC2)C(C)c2ccc(Cl)c(Cl)c2)ccc1OCCn1c(O)ccc1O. The van der Waals surface area contributed by atoms with Crippen LogP contribution in [-0.2, 0) is 17.9 Å². The average Bonchev–Trinajstić information content (AvgIpc) is 3.27. The second-order valence-corrected chi connectivity index (χ2v) is 11.2. The molecule has 10 heteroatoms. The van der Waals surface area contributed by atoms with Crippen LogP contribution in [0.5, 0.6) is 23.3 Å². The Morgan fingerprint density at radius 1 is 1.00 bits per heavy atom. The first kappa shape index (κ1) is 29.9. The third-order valence-electron chi connectivity index (χ3n) is 7.78. The molecule has 216 valence electrons. The lowest BCUT2D eigenvalue weighted by Crippen LogP contribution is -2.34. The minimum absolute atomic E-state index is 0.0314. The van der Waals surface area contributed by atoms with Gasteiger partial charge in [0.2, 0.25) is 0 Å². The standard InChI is InChI=1S/C30H36Cl2N2O6/c1-19(23-8-9-24(31)25(32)16-23)33(17-20-3-6-22(7-4-20)30(37)38)18-21-5-10-26(27(15-21)39-2)40-14-13-34-28(35)11-12-29(34)36/h5,8-12,15-16,19-20,22,35-36H,3-4,6-7,13-14,17-18H2,1-2H3,(H,37,38). The maximum atomic E-state index is 11.4. The zero-order valence-electron chi connectivity index (χ0n) is 22.7. The Kier molecular flexibility index (Phi) is 10.1. The molecule has 1 fully saturated rings. The summed E-state index contributed by atoms with van der Waals surface area (Å²) in [4.78, 5) is 13.8. The number of aliphatic carboxylic acids is 1. The Hall–Kier alpha value is -3.07. The van der Waals surface area contributed by atoms with Crippen LogP contribution in [0, 0.1) is 11.8 Å². The highest BCUT2D eigenvalue weighted by Gasteiger charge is 2.29. The number of nitrogens with zero attached hydrogens (tertiary/aromatic N) is 2. The highest BCUT2D eigenvalue weighted by atomic mass is 35.5. The van der Waals surface area contributed by atoms with Gasteiger partial charge >= 0.3 is 5.97 Å². The van der Waals surface area contributed by atoms with E-state index in [1.807, 2.05) is 36.4 Å². The van der Waals surface area contributed by atoms with Crippen LogP contribution in [-0.4, -0.2) is 51.0 Å². The van der Waals surface area contributed by atoms with Crippen molar-refractivity contribution in [3.8, 4) is 23.3 Å². The van der Waals surface area contributed by atoms with E-state index in [1.54, 1.807) is 7.11 Å². The predicted octanol–water partition coefficient (Wildman–Crippen LogP) is 6.75. The molecule has 1 saturated carbocycles. The number of aromatic nitrogens is 1. The summed E-state index contributed by atoms with van der Waals surface area (Å²) in [5.41, 5.74) is 2.09. The van der Waals surface area contributed by atoms with Gasteiger partial charge in [0.15, 0.2) is 23.3 Å². The summed E-state index contributed by atoms with van der Waals surface area (Å²) in [5.74, 6) is 0.533. The van der Waals surface area contributed by atoms with Crippen molar-refractivity contribution in [2.75, 3.05) is 20.3 Å². The third-order valence-corrected chi connectivity index (χ3v) is 8.52. The first-order valence-electron chi connectivity index (χ1n) is 13.4. The van der Waals surface area contributed by atoms with Gasteiger partial charge in [0.05, 0.1) is 29.6 Å². The van der Waals surface area contributed by atoms with Gasteiger partial charge in [-0.25, -0.2) is 0 Å². The smallest absolute Gasteiger partial charge is 0.306 e. The van der Waals surface area contributed by atoms with Crippen LogP contribution in [0.2, 0.25) is 10.0 Å². The Balaban J connectivity index is 1.48. The second-order valence-electron chi connectivity index (χ2n) is 10.4. The van der Waals surface area contributed by atoms with Crippen LogP contribution >= 0.6 is 23.2 Å². The molecule has 1 aliphatic rings. The number of halogens is 2. The predicted molar refractivity (Wildman–Crippen MR) is 155 cm³/mol. The molecule has 8 nitrogen and oxygen atoms in total. The molecule has 0 spiro atoms. The number of rotatable bonds is 12. The fourth-order valence-electron chi connectivity index (χ4n) is 5.35. The molecule has 0 amide bonds. The van der Waals surface area contributed by atoms with Crippen LogP contribution in [0.1, 0.15) is 49.8 Å². The van der Waals surface area contributed by atoms with E-state index < -0.39 is 5.97 Å². The number of hydrogen-bond acceptors (Lipinski definition) is 6. The average molecular weight is 592 g/mol. The zero-order chi connectivity index (χ0) is 28.8. The quantitative estimate of drug-likeness (QED) is 0.214. The molecule has 40 heavy (non-hydrogen) atoms. The van der Waals surface area contributed by atoms with E-state index >= 15 is 0 Å². The Bertz CT molecular complexity index is 1290. The minimum Gasteiger partial charge on any atom is -0.494 e. The van der Waals surface area contributed by atoms with Gasteiger partial charge in [0, 0.05) is 31.3 Å². The molecule has 1 heterocycles. The maximum absolute atomic E-state index is 11.4. The second kappa shape index (κ2) is 13.5. The summed E-state index contributed by atoms with van der Waals surface area (Å²) in [5, 5.41) is 30.1. The van der Waals surface area contributed by atoms with E-state index in [-0.39, 0.29) is 36.9 Å². The van der Waals surface area contributed by atoms with Gasteiger partial charge in [0.25, 0.3) is 0 Å². The first-order chi connectivity index (χ1) is 19.2. The third kappa shape index (κ3) is 7.36. The number of carboxylic acids is 1. The molecule has 1 atom stereocenters. The molecular weight excluding hydrogens is 555 g/mol. The van der Waals surface area contributed by atoms with E-state index in [9.17, 15) is 20.1 Å². The van der Waals surface area contributed by atoms with Crippen LogP contribution in [0.15, 0.2) is 48.5 Å². The number of carbonyl (C=O) groups is 1. The van der Waals surface area contributed by atoms with Gasteiger partial charge in [-0.05, 0) is 73.9 Å². The molecule has 3 N–H and O–H groups in total. The normalized spacial score (nSPS) is 18.0. The van der Waals surface area contributed by atoms with Crippen LogP contribution in [0.3, 0.4) is 0 Å². The van der Waals surface area contributed by atoms with Gasteiger partial charge < -0.3 is 24.8 Å². The summed E-state index contributed by atoms with van der Waals surface area (Å²) >= 11 is 12.5. The van der Waals surface area contributed by atoms with Gasteiger partial charge in [-0.1, -0.05) is 35.3 Å². The summed E-state index contributed by atoms with van der Waals surface area (Å²) in [7, 11) is 1.59. The summed E-state index contributed by atoms with van der Waals surface area (Å²) in [6.07, 6.45) is 3.16. The lowest BCUT2D eigenvalue weighted by Gasteiger charge is -2.35. The van der Waals surface area contributed by atoms with Gasteiger partial charge in [-0.2, -0.15) is 0 Å². The Labute approximate surface area is 244 Å². The molecule has 0 bridgehead atoms. The lowest BCUT2D eigenvalue weighted by atomic mass is 9.81. The molecule has 1 aromatic heterocycles. The highest BCUT2D eigenvalue weighted by molar-refractivity contribution is 6.42. The number of carboxylic acid groups (broad SMARTS) is 1. The number of benzene rings is 2. The van der Waals surface area contributed by atoms with Crippen molar-refractivity contribution >= 4 is 29.2 Å². The van der Waals surface area contributed by atoms with Crippen molar-refractivity contribution in [3.63, 3.8) is 0 Å². The number of methoxy groups -OCH3 is 1. The van der Waals surface area contributed by atoms with Crippen LogP contribution < -0.4 is 9.47 Å². The van der Waals surface area contributed by atoms with Crippen LogP contribution in [0.4, 0.5) is 0 Å². The van der Waals surface area contributed by atoms with Gasteiger partial charge in [-0.3, -0.25) is 14.3 Å². The van der Waals surface area contributed by atoms with Crippen molar-refractivity contribution in [2.24, 2.45) is 11.8 Å². The van der Waals surface area contributed by atoms with E-state index in [0.29, 0.717) is 46.8 Å². The molecule has 0 saturated heterocycles. The van der Waals surface area contributed by atoms with E-state index in [4.69, 9.17) is 32.7 Å². The first-order valence-corrected chi connectivity index (χ1v) is 14.2. The fraction of sp³-hybridized carbons (Fsp3) is 0.433. The summed E-state index contributed by atoms with van der Waals surface area (Å²) in [6.45, 7) is 4.10. The molecule has 0 aliphatic heterocycles. The topological polar surface area (TPSA) is 104 Å². The minimum atomic E-state index is -0.698. The number of ether oxygens (including phenoxy) is 2. The summed E-state index contributed by atoms with van der Waals surface area (Å²) in [6, 6.07) is 14.4. The fourth-order valence-corrected chi connectivity index (χ4v) is 5.66. The highest BCUT2D eigenvalue weighted by Crippen LogP contribution is 2.35. The summed E-state index contributed by atoms with van der Waals surface area (Å²) < 4.78 is 12.9. The Morgan fingerprint density at radius 3 is 2.33 bits per heavy atom. The van der Waals surface area contributed by atoms with E-state index in [0.717, 1.165) is 30.5 Å². The van der Waals surface area contributed by atoms with Crippen molar-refractivity contribution in [1.82, 2.24) is 9.47 Å². The molecule has 1 unspecified atom stereocenters. The zero-order valence-corrected chi connectivity index (χ0v) is 24.2. The van der Waals surface area contributed by atoms with E-state index in [1.165, 1.54) is 16.7 Å². The molecule has 0 radical (unpaired) electrons.